The first-order chi connectivity index (χ1) is 17.1. The van der Waals surface area contributed by atoms with Gasteiger partial charge in [0, 0.05) is 57.0 Å². The highest BCUT2D eigenvalue weighted by atomic mass is 32.2. The van der Waals surface area contributed by atoms with Gasteiger partial charge in [0.25, 0.3) is 0 Å². The zero-order valence-electron chi connectivity index (χ0n) is 19.9. The minimum Gasteiger partial charge on any atom is -0.442 e. The molecule has 2 aliphatic rings. The molecule has 0 bridgehead atoms. The number of halogens is 2. The van der Waals surface area contributed by atoms with Gasteiger partial charge >= 0.3 is 6.09 Å². The van der Waals surface area contributed by atoms with Gasteiger partial charge in [-0.15, -0.1) is 0 Å². The zero-order valence-corrected chi connectivity index (χ0v) is 20.7. The number of ether oxygens (including phenoxy) is 1. The summed E-state index contributed by atoms with van der Waals surface area (Å²) in [5.41, 5.74) is 9.25. The summed E-state index contributed by atoms with van der Waals surface area (Å²) in [5.74, 6) is -1.84. The molecule has 194 valence electrons. The van der Waals surface area contributed by atoms with Crippen LogP contribution in [0.3, 0.4) is 0 Å². The van der Waals surface area contributed by atoms with Crippen molar-refractivity contribution in [2.24, 2.45) is 5.73 Å². The molecule has 3 atom stereocenters. The molecule has 2 aromatic carbocycles. The zero-order chi connectivity index (χ0) is 26.0. The van der Waals surface area contributed by atoms with Crippen molar-refractivity contribution in [3.8, 4) is 0 Å². The van der Waals surface area contributed by atoms with E-state index in [0.29, 0.717) is 17.1 Å². The Balaban J connectivity index is 1.45. The molecule has 36 heavy (non-hydrogen) atoms. The molecule has 3 unspecified atom stereocenters. The van der Waals surface area contributed by atoms with E-state index >= 15 is 8.78 Å². The minimum atomic E-state index is -1.57. The highest BCUT2D eigenvalue weighted by molar-refractivity contribution is 7.82. The largest absolute Gasteiger partial charge is 0.442 e. The van der Waals surface area contributed by atoms with Crippen molar-refractivity contribution in [2.75, 3.05) is 47.8 Å². The first-order valence-corrected chi connectivity index (χ1v) is 12.5. The standard InChI is InChI=1S/C23H28F2N6O4S/c1-14(26)21-13-30(23(33)35-21)17-11-19(24)22(20(25)12-17)29-8-7-27-31(10-9-29)36(34)18-5-3-16(4-6-18)28-15(2)32/h3-6,11-12,14,21,27H,7-10,13,26H2,1-2H3,(H,28,32). The predicted molar refractivity (Wildman–Crippen MR) is 132 cm³/mol. The number of hydrazine groups is 1. The number of cyclic esters (lactones) is 1. The smallest absolute Gasteiger partial charge is 0.414 e. The lowest BCUT2D eigenvalue weighted by Gasteiger charge is -2.25. The van der Waals surface area contributed by atoms with Gasteiger partial charge in [0.15, 0.2) is 11.6 Å². The lowest BCUT2D eigenvalue weighted by atomic mass is 10.2. The summed E-state index contributed by atoms with van der Waals surface area (Å²) in [6, 6.07) is 8.38. The van der Waals surface area contributed by atoms with Gasteiger partial charge in [0.2, 0.25) is 5.91 Å². The number of hydrogen-bond acceptors (Lipinski definition) is 7. The van der Waals surface area contributed by atoms with E-state index in [4.69, 9.17) is 10.5 Å². The minimum absolute atomic E-state index is 0.0558. The van der Waals surface area contributed by atoms with E-state index in [2.05, 4.69) is 10.7 Å². The number of rotatable bonds is 6. The Morgan fingerprint density at radius 1 is 1.19 bits per heavy atom. The summed E-state index contributed by atoms with van der Waals surface area (Å²) in [5, 5.41) is 2.65. The molecule has 4 N–H and O–H groups in total. The highest BCUT2D eigenvalue weighted by Crippen LogP contribution is 2.31. The summed E-state index contributed by atoms with van der Waals surface area (Å²) in [4.78, 5) is 26.5. The second-order valence-electron chi connectivity index (χ2n) is 8.60. The Hall–Kier alpha value is -3.13. The third-order valence-corrected chi connectivity index (χ3v) is 7.26. The van der Waals surface area contributed by atoms with Gasteiger partial charge in [-0.2, -0.15) is 4.41 Å². The van der Waals surface area contributed by atoms with E-state index in [0.717, 1.165) is 17.0 Å². The average molecular weight is 523 g/mol. The number of nitrogens with zero attached hydrogens (tertiary/aromatic N) is 3. The Kier molecular flexibility index (Phi) is 7.83. The molecule has 2 fully saturated rings. The molecule has 2 amide bonds. The maximum atomic E-state index is 15.1. The lowest BCUT2D eigenvalue weighted by molar-refractivity contribution is -0.114. The molecule has 0 saturated carbocycles. The Morgan fingerprint density at radius 2 is 1.86 bits per heavy atom. The molecule has 0 spiro atoms. The molecule has 4 rings (SSSR count). The van der Waals surface area contributed by atoms with Gasteiger partial charge < -0.3 is 20.7 Å². The molecular formula is C23H28F2N6O4S. The Bertz CT molecular complexity index is 1140. The van der Waals surface area contributed by atoms with Crippen molar-refractivity contribution in [3.63, 3.8) is 0 Å². The SMILES string of the molecule is CC(=O)Nc1ccc(S(=O)N2CCN(c3c(F)cc(N4CC(C(C)N)OC4=O)cc3F)CCN2)cc1. The number of amides is 2. The van der Waals surface area contributed by atoms with Gasteiger partial charge in [-0.05, 0) is 31.2 Å². The first-order valence-electron chi connectivity index (χ1n) is 11.4. The van der Waals surface area contributed by atoms with Crippen LogP contribution in [-0.4, -0.2) is 65.5 Å². The van der Waals surface area contributed by atoms with Gasteiger partial charge in [0.05, 0.1) is 17.1 Å². The summed E-state index contributed by atoms with van der Waals surface area (Å²) in [7, 11) is -1.57. The van der Waals surface area contributed by atoms with Crippen LogP contribution in [0.25, 0.3) is 0 Å². The Morgan fingerprint density at radius 3 is 2.44 bits per heavy atom. The van der Waals surface area contributed by atoms with Crippen LogP contribution >= 0.6 is 0 Å². The second-order valence-corrected chi connectivity index (χ2v) is 10.0. The third kappa shape index (κ3) is 5.64. The summed E-state index contributed by atoms with van der Waals surface area (Å²) < 4.78 is 49.9. The van der Waals surface area contributed by atoms with Gasteiger partial charge in [-0.25, -0.2) is 23.2 Å². The number of nitrogens with two attached hydrogens (primary N) is 1. The summed E-state index contributed by atoms with van der Waals surface area (Å²) >= 11 is 0. The van der Waals surface area contributed by atoms with Crippen LogP contribution in [0.15, 0.2) is 41.3 Å². The quantitative estimate of drug-likeness (QED) is 0.530. The maximum Gasteiger partial charge on any atom is 0.414 e. The Labute approximate surface area is 209 Å². The molecule has 13 heteroatoms. The van der Waals surface area contributed by atoms with Gasteiger partial charge in [0.1, 0.15) is 22.8 Å². The van der Waals surface area contributed by atoms with Crippen molar-refractivity contribution in [1.82, 2.24) is 9.84 Å². The molecule has 2 aliphatic heterocycles. The summed E-state index contributed by atoms with van der Waals surface area (Å²) in [6.45, 7) is 4.18. The van der Waals surface area contributed by atoms with Crippen LogP contribution in [0.2, 0.25) is 0 Å². The van der Waals surface area contributed by atoms with E-state index in [-0.39, 0.29) is 43.5 Å². The van der Waals surface area contributed by atoms with Crippen LogP contribution in [0.4, 0.5) is 30.6 Å². The topological polar surface area (TPSA) is 120 Å². The number of hydrogen-bond donors (Lipinski definition) is 3. The number of nitrogens with one attached hydrogen (secondary N) is 2. The van der Waals surface area contributed by atoms with Crippen LogP contribution in [0, 0.1) is 11.6 Å². The highest BCUT2D eigenvalue weighted by Gasteiger charge is 2.35. The van der Waals surface area contributed by atoms with Crippen molar-refractivity contribution < 1.29 is 27.3 Å². The van der Waals surface area contributed by atoms with Crippen LogP contribution in [-0.2, 0) is 20.5 Å². The molecule has 2 heterocycles. The van der Waals surface area contributed by atoms with Crippen LogP contribution in [0.1, 0.15) is 13.8 Å². The molecule has 0 radical (unpaired) electrons. The van der Waals surface area contributed by atoms with E-state index in [1.165, 1.54) is 16.2 Å². The molecule has 10 nitrogen and oxygen atoms in total. The monoisotopic (exact) mass is 522 g/mol. The number of benzene rings is 2. The van der Waals surface area contributed by atoms with Gasteiger partial charge in [-0.3, -0.25) is 9.69 Å². The van der Waals surface area contributed by atoms with Crippen molar-refractivity contribution in [1.29, 1.82) is 0 Å². The van der Waals surface area contributed by atoms with E-state index < -0.39 is 40.9 Å². The normalized spacial score (nSPS) is 20.6. The van der Waals surface area contributed by atoms with E-state index in [1.807, 2.05) is 0 Å². The van der Waals surface area contributed by atoms with Crippen molar-refractivity contribution in [2.45, 2.75) is 30.9 Å². The molecule has 2 aromatic rings. The van der Waals surface area contributed by atoms with Gasteiger partial charge in [-0.1, -0.05) is 0 Å². The predicted octanol–water partition coefficient (Wildman–Crippen LogP) is 1.94. The fraction of sp³-hybridized carbons (Fsp3) is 0.391. The number of carbonyl (C=O) groups is 2. The first kappa shape index (κ1) is 25.9. The van der Waals surface area contributed by atoms with Crippen molar-refractivity contribution in [3.05, 3.63) is 48.0 Å². The molecular weight excluding hydrogens is 494 g/mol. The van der Waals surface area contributed by atoms with E-state index in [9.17, 15) is 13.8 Å². The third-order valence-electron chi connectivity index (χ3n) is 5.87. The number of anilines is 3. The fourth-order valence-corrected chi connectivity index (χ4v) is 5.12. The van der Waals surface area contributed by atoms with E-state index in [1.54, 1.807) is 31.2 Å². The maximum absolute atomic E-state index is 15.1. The molecule has 0 aliphatic carbocycles. The molecule has 2 saturated heterocycles. The van der Waals surface area contributed by atoms with Crippen LogP contribution in [0.5, 0.6) is 0 Å². The number of carbonyl (C=O) groups excluding carboxylic acids is 2. The average Bonchev–Trinajstić information content (AvgIpc) is 3.05. The summed E-state index contributed by atoms with van der Waals surface area (Å²) in [6.07, 6.45) is -1.26. The van der Waals surface area contributed by atoms with Crippen molar-refractivity contribution >= 4 is 40.0 Å². The second kappa shape index (κ2) is 10.9. The molecule has 0 aromatic heterocycles. The lowest BCUT2D eigenvalue weighted by Crippen LogP contribution is -2.40. The fourth-order valence-electron chi connectivity index (χ4n) is 4.04. The van der Waals surface area contributed by atoms with Crippen LogP contribution < -0.4 is 26.3 Å².